The highest BCUT2D eigenvalue weighted by Crippen LogP contribution is 2.31. The molecular weight excluding hydrogens is 146 g/mol. The molecular formula is C8H10ClN. The lowest BCUT2D eigenvalue weighted by Gasteiger charge is -2.23. The van der Waals surface area contributed by atoms with Crippen molar-refractivity contribution < 1.29 is 0 Å². The van der Waals surface area contributed by atoms with E-state index in [1.165, 1.54) is 0 Å². The molecule has 0 aliphatic heterocycles. The quantitative estimate of drug-likeness (QED) is 0.390. The second-order valence-corrected chi connectivity index (χ2v) is 3.23. The molecule has 0 aromatic rings. The van der Waals surface area contributed by atoms with E-state index in [-0.39, 0.29) is 11.3 Å². The van der Waals surface area contributed by atoms with Crippen molar-refractivity contribution in [3.8, 4) is 6.07 Å². The van der Waals surface area contributed by atoms with Gasteiger partial charge in [-0.25, -0.2) is 0 Å². The number of hydrogen-bond acceptors (Lipinski definition) is 1. The molecule has 2 atom stereocenters. The van der Waals surface area contributed by atoms with Crippen LogP contribution in [0.2, 0.25) is 0 Å². The maximum Gasteiger partial charge on any atom is 0.0833 e. The van der Waals surface area contributed by atoms with Gasteiger partial charge in [-0.05, 0) is 19.3 Å². The molecule has 10 heavy (non-hydrogen) atoms. The largest absolute Gasteiger partial charge is 0.198 e. The van der Waals surface area contributed by atoms with Gasteiger partial charge in [-0.3, -0.25) is 0 Å². The topological polar surface area (TPSA) is 23.8 Å². The molecule has 1 nitrogen and oxygen atoms in total. The Hall–Kier alpha value is -0.480. The SMILES string of the molecule is C=C1CCCC(Cl)C1C#N. The predicted molar refractivity (Wildman–Crippen MR) is 41.7 cm³/mol. The predicted octanol–water partition coefficient (Wildman–Crippen LogP) is 2.47. The molecule has 0 aromatic heterocycles. The fraction of sp³-hybridized carbons (Fsp3) is 0.625. The van der Waals surface area contributed by atoms with Crippen molar-refractivity contribution in [3.05, 3.63) is 12.2 Å². The van der Waals surface area contributed by atoms with E-state index in [4.69, 9.17) is 16.9 Å². The molecule has 2 unspecified atom stereocenters. The first-order chi connectivity index (χ1) is 4.75. The third-order valence-electron chi connectivity index (χ3n) is 1.92. The molecule has 0 bridgehead atoms. The number of allylic oxidation sites excluding steroid dienone is 1. The van der Waals surface area contributed by atoms with Crippen molar-refractivity contribution in [2.45, 2.75) is 24.6 Å². The Labute approximate surface area is 66.3 Å². The second-order valence-electron chi connectivity index (χ2n) is 2.67. The third kappa shape index (κ3) is 1.33. The Morgan fingerprint density at radius 3 is 2.80 bits per heavy atom. The zero-order valence-electron chi connectivity index (χ0n) is 5.81. The zero-order valence-corrected chi connectivity index (χ0v) is 6.56. The molecule has 1 rings (SSSR count). The maximum atomic E-state index is 8.64. The molecule has 2 heteroatoms. The summed E-state index contributed by atoms with van der Waals surface area (Å²) in [6.45, 7) is 3.81. The summed E-state index contributed by atoms with van der Waals surface area (Å²) in [5, 5.41) is 8.64. The summed E-state index contributed by atoms with van der Waals surface area (Å²) in [5.74, 6) is -0.101. The molecule has 0 heterocycles. The lowest BCUT2D eigenvalue weighted by molar-refractivity contribution is 0.537. The number of rotatable bonds is 0. The second kappa shape index (κ2) is 3.07. The molecule has 0 spiro atoms. The van der Waals surface area contributed by atoms with Crippen LogP contribution in [0.4, 0.5) is 0 Å². The normalized spacial score (nSPS) is 33.4. The Bertz CT molecular complexity index is 180. The van der Waals surface area contributed by atoms with Crippen molar-refractivity contribution in [1.82, 2.24) is 0 Å². The molecule has 1 saturated carbocycles. The van der Waals surface area contributed by atoms with Gasteiger partial charge in [0.1, 0.15) is 0 Å². The standard InChI is InChI=1S/C8H10ClN/c1-6-3-2-4-8(9)7(6)5-10/h7-8H,1-4H2. The van der Waals surface area contributed by atoms with Crippen LogP contribution >= 0.6 is 11.6 Å². The zero-order chi connectivity index (χ0) is 7.56. The van der Waals surface area contributed by atoms with Gasteiger partial charge in [0.2, 0.25) is 0 Å². The minimum atomic E-state index is -0.101. The molecule has 0 radical (unpaired) electrons. The minimum absolute atomic E-state index is 0.00579. The summed E-state index contributed by atoms with van der Waals surface area (Å²) in [5.41, 5.74) is 1.01. The summed E-state index contributed by atoms with van der Waals surface area (Å²) in [7, 11) is 0. The van der Waals surface area contributed by atoms with Crippen molar-refractivity contribution in [1.29, 1.82) is 5.26 Å². The highest BCUT2D eigenvalue weighted by Gasteiger charge is 2.25. The highest BCUT2D eigenvalue weighted by molar-refractivity contribution is 6.21. The fourth-order valence-corrected chi connectivity index (χ4v) is 1.66. The van der Waals surface area contributed by atoms with E-state index in [2.05, 4.69) is 12.6 Å². The van der Waals surface area contributed by atoms with Gasteiger partial charge in [0.05, 0.1) is 17.4 Å². The van der Waals surface area contributed by atoms with E-state index in [0.717, 1.165) is 24.8 Å². The van der Waals surface area contributed by atoms with Gasteiger partial charge in [-0.15, -0.1) is 11.6 Å². The van der Waals surface area contributed by atoms with Crippen LogP contribution in [-0.2, 0) is 0 Å². The fourth-order valence-electron chi connectivity index (χ4n) is 1.27. The number of alkyl halides is 1. The molecule has 1 aliphatic rings. The summed E-state index contributed by atoms with van der Waals surface area (Å²) in [6.07, 6.45) is 3.02. The van der Waals surface area contributed by atoms with Gasteiger partial charge in [-0.2, -0.15) is 5.26 Å². The Morgan fingerprint density at radius 2 is 2.40 bits per heavy atom. The maximum absolute atomic E-state index is 8.64. The van der Waals surface area contributed by atoms with Gasteiger partial charge < -0.3 is 0 Å². The first kappa shape index (κ1) is 7.63. The molecule has 0 saturated heterocycles. The first-order valence-corrected chi connectivity index (χ1v) is 3.90. The van der Waals surface area contributed by atoms with Crippen molar-refractivity contribution >= 4 is 11.6 Å². The summed E-state index contributed by atoms with van der Waals surface area (Å²) >= 11 is 5.89. The molecule has 0 aromatic carbocycles. The van der Waals surface area contributed by atoms with Crippen LogP contribution in [0, 0.1) is 17.2 Å². The van der Waals surface area contributed by atoms with Gasteiger partial charge >= 0.3 is 0 Å². The Balaban J connectivity index is 2.65. The Morgan fingerprint density at radius 1 is 1.70 bits per heavy atom. The van der Waals surface area contributed by atoms with Gasteiger partial charge in [0.25, 0.3) is 0 Å². The van der Waals surface area contributed by atoms with Gasteiger partial charge in [0.15, 0.2) is 0 Å². The third-order valence-corrected chi connectivity index (χ3v) is 2.39. The van der Waals surface area contributed by atoms with Gasteiger partial charge in [-0.1, -0.05) is 12.2 Å². The van der Waals surface area contributed by atoms with Crippen LogP contribution in [0.25, 0.3) is 0 Å². The number of hydrogen-bond donors (Lipinski definition) is 0. The first-order valence-electron chi connectivity index (χ1n) is 3.47. The average Bonchev–Trinajstić information content (AvgIpc) is 1.88. The lowest BCUT2D eigenvalue weighted by Crippen LogP contribution is -2.19. The average molecular weight is 156 g/mol. The highest BCUT2D eigenvalue weighted by atomic mass is 35.5. The minimum Gasteiger partial charge on any atom is -0.198 e. The molecule has 1 fully saturated rings. The summed E-state index contributed by atoms with van der Waals surface area (Å²) in [4.78, 5) is 0. The number of nitriles is 1. The van der Waals surface area contributed by atoms with E-state index >= 15 is 0 Å². The van der Waals surface area contributed by atoms with E-state index < -0.39 is 0 Å². The van der Waals surface area contributed by atoms with Crippen LogP contribution in [0.3, 0.4) is 0 Å². The lowest BCUT2D eigenvalue weighted by atomic mass is 9.86. The van der Waals surface area contributed by atoms with Crippen LogP contribution in [-0.4, -0.2) is 5.38 Å². The van der Waals surface area contributed by atoms with Crippen molar-refractivity contribution in [2.24, 2.45) is 5.92 Å². The van der Waals surface area contributed by atoms with Crippen LogP contribution < -0.4 is 0 Å². The van der Waals surface area contributed by atoms with Crippen molar-refractivity contribution in [3.63, 3.8) is 0 Å². The number of nitrogens with zero attached hydrogens (tertiary/aromatic N) is 1. The Kier molecular flexibility index (Phi) is 2.34. The van der Waals surface area contributed by atoms with E-state index in [9.17, 15) is 0 Å². The molecule has 1 aliphatic carbocycles. The van der Waals surface area contributed by atoms with Crippen molar-refractivity contribution in [2.75, 3.05) is 0 Å². The molecule has 0 N–H and O–H groups in total. The molecule has 0 amide bonds. The number of halogens is 1. The summed E-state index contributed by atoms with van der Waals surface area (Å²) in [6, 6.07) is 2.17. The van der Waals surface area contributed by atoms with E-state index in [1.807, 2.05) is 0 Å². The van der Waals surface area contributed by atoms with Crippen LogP contribution in [0.5, 0.6) is 0 Å². The monoisotopic (exact) mass is 155 g/mol. The van der Waals surface area contributed by atoms with E-state index in [1.54, 1.807) is 0 Å². The van der Waals surface area contributed by atoms with Crippen LogP contribution in [0.15, 0.2) is 12.2 Å². The van der Waals surface area contributed by atoms with Crippen LogP contribution in [0.1, 0.15) is 19.3 Å². The smallest absolute Gasteiger partial charge is 0.0833 e. The molecule has 54 valence electrons. The van der Waals surface area contributed by atoms with Gasteiger partial charge in [0, 0.05) is 0 Å². The van der Waals surface area contributed by atoms with E-state index in [0.29, 0.717) is 0 Å². The summed E-state index contributed by atoms with van der Waals surface area (Å²) < 4.78 is 0.